The summed E-state index contributed by atoms with van der Waals surface area (Å²) in [6.07, 6.45) is 0.981. The van der Waals surface area contributed by atoms with Crippen LogP contribution in [-0.2, 0) is 0 Å². The van der Waals surface area contributed by atoms with Crippen LogP contribution in [-0.4, -0.2) is 13.1 Å². The SMILES string of the molecule is NCCCNc1cccc(N)c1. The molecule has 1 aromatic carbocycles. The van der Waals surface area contributed by atoms with E-state index in [0.717, 1.165) is 30.9 Å². The third-order valence-electron chi connectivity index (χ3n) is 1.60. The lowest BCUT2D eigenvalue weighted by molar-refractivity contribution is 0.874. The van der Waals surface area contributed by atoms with Gasteiger partial charge in [0.1, 0.15) is 0 Å². The van der Waals surface area contributed by atoms with Gasteiger partial charge in [-0.15, -0.1) is 0 Å². The topological polar surface area (TPSA) is 64.1 Å². The first-order chi connectivity index (χ1) is 5.83. The highest BCUT2D eigenvalue weighted by molar-refractivity contribution is 5.53. The van der Waals surface area contributed by atoms with E-state index in [9.17, 15) is 0 Å². The van der Waals surface area contributed by atoms with E-state index >= 15 is 0 Å². The van der Waals surface area contributed by atoms with Crippen molar-refractivity contribution in [2.24, 2.45) is 5.73 Å². The fourth-order valence-corrected chi connectivity index (χ4v) is 0.983. The van der Waals surface area contributed by atoms with E-state index < -0.39 is 0 Å². The van der Waals surface area contributed by atoms with E-state index in [1.54, 1.807) is 0 Å². The van der Waals surface area contributed by atoms with Gasteiger partial charge in [0, 0.05) is 17.9 Å². The Bertz CT molecular complexity index is 235. The molecule has 0 fully saturated rings. The van der Waals surface area contributed by atoms with E-state index in [1.807, 2.05) is 24.3 Å². The number of rotatable bonds is 4. The van der Waals surface area contributed by atoms with Crippen molar-refractivity contribution < 1.29 is 0 Å². The first-order valence-electron chi connectivity index (χ1n) is 4.12. The van der Waals surface area contributed by atoms with Gasteiger partial charge < -0.3 is 16.8 Å². The number of hydrogen-bond donors (Lipinski definition) is 3. The molecule has 0 atom stereocenters. The molecule has 0 heterocycles. The number of nitrogen functional groups attached to an aromatic ring is 1. The summed E-state index contributed by atoms with van der Waals surface area (Å²) in [6, 6.07) is 7.71. The monoisotopic (exact) mass is 165 g/mol. The minimum atomic E-state index is 0.718. The first-order valence-corrected chi connectivity index (χ1v) is 4.12. The van der Waals surface area contributed by atoms with Crippen molar-refractivity contribution in [3.05, 3.63) is 24.3 Å². The van der Waals surface area contributed by atoms with Crippen molar-refractivity contribution in [2.45, 2.75) is 6.42 Å². The molecule has 1 rings (SSSR count). The maximum absolute atomic E-state index is 5.60. The third-order valence-corrected chi connectivity index (χ3v) is 1.60. The Morgan fingerprint density at radius 1 is 1.33 bits per heavy atom. The van der Waals surface area contributed by atoms with Crippen molar-refractivity contribution in [3.8, 4) is 0 Å². The summed E-state index contributed by atoms with van der Waals surface area (Å²) < 4.78 is 0. The van der Waals surface area contributed by atoms with Crippen LogP contribution in [0.3, 0.4) is 0 Å². The molecule has 3 heteroatoms. The number of nitrogens with one attached hydrogen (secondary N) is 1. The van der Waals surface area contributed by atoms with E-state index in [0.29, 0.717) is 0 Å². The molecule has 0 aliphatic heterocycles. The minimum absolute atomic E-state index is 0.718. The van der Waals surface area contributed by atoms with Crippen LogP contribution in [0.2, 0.25) is 0 Å². The predicted octanol–water partition coefficient (Wildman–Crippen LogP) is 1.03. The van der Waals surface area contributed by atoms with Gasteiger partial charge in [-0.2, -0.15) is 0 Å². The summed E-state index contributed by atoms with van der Waals surface area (Å²) in [5.41, 5.74) is 12.8. The van der Waals surface area contributed by atoms with Gasteiger partial charge in [-0.05, 0) is 31.2 Å². The van der Waals surface area contributed by atoms with E-state index in [1.165, 1.54) is 0 Å². The molecule has 0 spiro atoms. The van der Waals surface area contributed by atoms with Crippen LogP contribution in [0.1, 0.15) is 6.42 Å². The summed E-state index contributed by atoms with van der Waals surface area (Å²) in [7, 11) is 0. The zero-order valence-electron chi connectivity index (χ0n) is 7.09. The Kier molecular flexibility index (Phi) is 3.41. The van der Waals surface area contributed by atoms with Crippen LogP contribution in [0, 0.1) is 0 Å². The third kappa shape index (κ3) is 2.80. The summed E-state index contributed by atoms with van der Waals surface area (Å²) in [6.45, 7) is 1.62. The summed E-state index contributed by atoms with van der Waals surface area (Å²) in [5.74, 6) is 0. The molecule has 0 radical (unpaired) electrons. The van der Waals surface area contributed by atoms with Crippen molar-refractivity contribution in [2.75, 3.05) is 24.1 Å². The van der Waals surface area contributed by atoms with Gasteiger partial charge in [-0.3, -0.25) is 0 Å². The van der Waals surface area contributed by atoms with Crippen molar-refractivity contribution in [1.82, 2.24) is 0 Å². The van der Waals surface area contributed by atoms with Crippen LogP contribution in [0.15, 0.2) is 24.3 Å². The number of nitrogens with two attached hydrogens (primary N) is 2. The molecule has 3 nitrogen and oxygen atoms in total. The summed E-state index contributed by atoms with van der Waals surface area (Å²) in [5, 5.41) is 3.23. The standard InChI is InChI=1S/C9H15N3/c10-5-2-6-12-9-4-1-3-8(11)7-9/h1,3-4,7,12H,2,5-6,10-11H2. The molecule has 5 N–H and O–H groups in total. The Labute approximate surface area is 72.8 Å². The van der Waals surface area contributed by atoms with Gasteiger partial charge in [0.2, 0.25) is 0 Å². The summed E-state index contributed by atoms with van der Waals surface area (Å²) in [4.78, 5) is 0. The van der Waals surface area contributed by atoms with Crippen molar-refractivity contribution in [1.29, 1.82) is 0 Å². The van der Waals surface area contributed by atoms with Crippen LogP contribution in [0.5, 0.6) is 0 Å². The van der Waals surface area contributed by atoms with Gasteiger partial charge in [0.15, 0.2) is 0 Å². The molecule has 0 amide bonds. The van der Waals surface area contributed by atoms with Crippen molar-refractivity contribution >= 4 is 11.4 Å². The van der Waals surface area contributed by atoms with E-state index in [4.69, 9.17) is 11.5 Å². The maximum Gasteiger partial charge on any atom is 0.0360 e. The lowest BCUT2D eigenvalue weighted by Gasteiger charge is -2.05. The molecule has 1 aromatic rings. The normalized spacial score (nSPS) is 9.75. The smallest absolute Gasteiger partial charge is 0.0360 e. The van der Waals surface area contributed by atoms with Gasteiger partial charge in [-0.25, -0.2) is 0 Å². The number of benzene rings is 1. The highest BCUT2D eigenvalue weighted by atomic mass is 14.9. The number of anilines is 2. The molecular weight excluding hydrogens is 150 g/mol. The molecule has 0 aliphatic carbocycles. The maximum atomic E-state index is 5.60. The predicted molar refractivity (Wildman–Crippen MR) is 53.0 cm³/mol. The van der Waals surface area contributed by atoms with Crippen LogP contribution >= 0.6 is 0 Å². The fraction of sp³-hybridized carbons (Fsp3) is 0.333. The molecule has 0 bridgehead atoms. The van der Waals surface area contributed by atoms with E-state index in [-0.39, 0.29) is 0 Å². The average molecular weight is 165 g/mol. The Hall–Kier alpha value is -1.22. The Morgan fingerprint density at radius 3 is 2.83 bits per heavy atom. The van der Waals surface area contributed by atoms with Crippen LogP contribution in [0.25, 0.3) is 0 Å². The number of hydrogen-bond acceptors (Lipinski definition) is 3. The Balaban J connectivity index is 2.41. The van der Waals surface area contributed by atoms with Crippen LogP contribution in [0.4, 0.5) is 11.4 Å². The zero-order valence-corrected chi connectivity index (χ0v) is 7.09. The fourth-order valence-electron chi connectivity index (χ4n) is 0.983. The van der Waals surface area contributed by atoms with Gasteiger partial charge >= 0.3 is 0 Å². The molecule has 0 aliphatic rings. The molecule has 66 valence electrons. The quantitative estimate of drug-likeness (QED) is 0.461. The zero-order chi connectivity index (χ0) is 8.81. The highest BCUT2D eigenvalue weighted by Gasteiger charge is 1.90. The largest absolute Gasteiger partial charge is 0.399 e. The molecule has 12 heavy (non-hydrogen) atoms. The lowest BCUT2D eigenvalue weighted by atomic mass is 10.3. The van der Waals surface area contributed by atoms with Gasteiger partial charge in [0.25, 0.3) is 0 Å². The molecular formula is C9H15N3. The summed E-state index contributed by atoms with van der Waals surface area (Å²) >= 11 is 0. The van der Waals surface area contributed by atoms with Gasteiger partial charge in [0.05, 0.1) is 0 Å². The molecule has 0 saturated carbocycles. The second kappa shape index (κ2) is 4.62. The van der Waals surface area contributed by atoms with Crippen LogP contribution < -0.4 is 16.8 Å². The second-order valence-electron chi connectivity index (χ2n) is 2.69. The minimum Gasteiger partial charge on any atom is -0.399 e. The van der Waals surface area contributed by atoms with E-state index in [2.05, 4.69) is 5.32 Å². The second-order valence-corrected chi connectivity index (χ2v) is 2.69. The van der Waals surface area contributed by atoms with Crippen molar-refractivity contribution in [3.63, 3.8) is 0 Å². The molecule has 0 unspecified atom stereocenters. The van der Waals surface area contributed by atoms with Gasteiger partial charge in [-0.1, -0.05) is 6.07 Å². The average Bonchev–Trinajstić information content (AvgIpc) is 2.05. The highest BCUT2D eigenvalue weighted by Crippen LogP contribution is 2.11. The first kappa shape index (κ1) is 8.87. The molecule has 0 aromatic heterocycles. The molecule has 0 saturated heterocycles. The lowest BCUT2D eigenvalue weighted by Crippen LogP contribution is -2.08. The Morgan fingerprint density at radius 2 is 2.17 bits per heavy atom.